The van der Waals surface area contributed by atoms with Crippen LogP contribution in [0.5, 0.6) is 0 Å². The Morgan fingerprint density at radius 2 is 1.78 bits per heavy atom. The molecule has 1 aromatic carbocycles. The SMILES string of the molecule is O=C(Nc1sc2c(c1C(=O)NCc1cccnc1)CCCC2)c1ccc(S(=O)(=O)c2ccccc2)o1. The van der Waals surface area contributed by atoms with E-state index >= 15 is 0 Å². The molecule has 0 unspecified atom stereocenters. The van der Waals surface area contributed by atoms with Crippen LogP contribution in [-0.2, 0) is 29.2 Å². The molecule has 10 heteroatoms. The first-order chi connectivity index (χ1) is 17.4. The van der Waals surface area contributed by atoms with Gasteiger partial charge in [0.05, 0.1) is 10.5 Å². The lowest BCUT2D eigenvalue weighted by Gasteiger charge is -2.13. The molecule has 3 heterocycles. The number of furan rings is 1. The summed E-state index contributed by atoms with van der Waals surface area (Å²) in [4.78, 5) is 31.4. The zero-order valence-electron chi connectivity index (χ0n) is 19.2. The van der Waals surface area contributed by atoms with Gasteiger partial charge in [0.25, 0.3) is 11.8 Å². The smallest absolute Gasteiger partial charge is 0.292 e. The number of aryl methyl sites for hydroxylation is 1. The molecule has 5 rings (SSSR count). The van der Waals surface area contributed by atoms with Crippen molar-refractivity contribution >= 4 is 38.0 Å². The molecule has 0 fully saturated rings. The van der Waals surface area contributed by atoms with Crippen molar-refractivity contribution in [1.82, 2.24) is 10.3 Å². The summed E-state index contributed by atoms with van der Waals surface area (Å²) in [5.74, 6) is -1.05. The van der Waals surface area contributed by atoms with Gasteiger partial charge in [0.15, 0.2) is 5.76 Å². The Morgan fingerprint density at radius 3 is 2.56 bits per heavy atom. The fourth-order valence-corrected chi connectivity index (χ4v) is 6.61. The second kappa shape index (κ2) is 10.1. The Morgan fingerprint density at radius 1 is 0.972 bits per heavy atom. The monoisotopic (exact) mass is 521 g/mol. The fourth-order valence-electron chi connectivity index (χ4n) is 4.13. The first-order valence-corrected chi connectivity index (χ1v) is 13.8. The molecule has 0 saturated heterocycles. The molecule has 1 aliphatic carbocycles. The highest BCUT2D eigenvalue weighted by Crippen LogP contribution is 2.38. The third-order valence-electron chi connectivity index (χ3n) is 5.92. The number of benzene rings is 1. The molecule has 0 spiro atoms. The molecular weight excluding hydrogens is 498 g/mol. The van der Waals surface area contributed by atoms with Crippen LogP contribution < -0.4 is 10.6 Å². The molecule has 2 N–H and O–H groups in total. The summed E-state index contributed by atoms with van der Waals surface area (Å²) in [6.07, 6.45) is 6.95. The van der Waals surface area contributed by atoms with E-state index in [-0.39, 0.29) is 21.7 Å². The minimum Gasteiger partial charge on any atom is -0.439 e. The van der Waals surface area contributed by atoms with Crippen molar-refractivity contribution in [3.05, 3.63) is 94.3 Å². The topological polar surface area (TPSA) is 118 Å². The second-order valence-corrected chi connectivity index (χ2v) is 11.3. The maximum atomic E-state index is 13.2. The largest absolute Gasteiger partial charge is 0.439 e. The van der Waals surface area contributed by atoms with Gasteiger partial charge < -0.3 is 15.1 Å². The van der Waals surface area contributed by atoms with Crippen LogP contribution in [0.4, 0.5) is 5.00 Å². The van der Waals surface area contributed by atoms with E-state index in [1.165, 1.54) is 35.6 Å². The molecule has 3 aromatic heterocycles. The van der Waals surface area contributed by atoms with E-state index < -0.39 is 15.7 Å². The van der Waals surface area contributed by atoms with Crippen molar-refractivity contribution in [1.29, 1.82) is 0 Å². The predicted molar refractivity (Wildman–Crippen MR) is 135 cm³/mol. The van der Waals surface area contributed by atoms with Gasteiger partial charge in [0.1, 0.15) is 5.00 Å². The van der Waals surface area contributed by atoms with E-state index in [0.717, 1.165) is 41.7 Å². The second-order valence-electron chi connectivity index (χ2n) is 8.35. The molecule has 36 heavy (non-hydrogen) atoms. The van der Waals surface area contributed by atoms with E-state index in [2.05, 4.69) is 15.6 Å². The lowest BCUT2D eigenvalue weighted by molar-refractivity contribution is 0.0951. The number of nitrogens with one attached hydrogen (secondary N) is 2. The van der Waals surface area contributed by atoms with Crippen LogP contribution in [0.1, 0.15) is 49.8 Å². The summed E-state index contributed by atoms with van der Waals surface area (Å²) < 4.78 is 31.1. The van der Waals surface area contributed by atoms with Crippen LogP contribution in [0, 0.1) is 0 Å². The van der Waals surface area contributed by atoms with Crippen molar-refractivity contribution in [2.45, 2.75) is 42.2 Å². The van der Waals surface area contributed by atoms with Crippen LogP contribution in [0.2, 0.25) is 0 Å². The Kier molecular flexibility index (Phi) is 6.71. The van der Waals surface area contributed by atoms with Gasteiger partial charge in [-0.2, -0.15) is 0 Å². The minimum absolute atomic E-state index is 0.0739. The van der Waals surface area contributed by atoms with E-state index in [0.29, 0.717) is 17.1 Å². The predicted octanol–water partition coefficient (Wildman–Crippen LogP) is 4.63. The molecule has 8 nitrogen and oxygen atoms in total. The van der Waals surface area contributed by atoms with Gasteiger partial charge in [-0.25, -0.2) is 8.42 Å². The first kappa shape index (κ1) is 24.0. The molecular formula is C26H23N3O5S2. The van der Waals surface area contributed by atoms with Crippen LogP contribution in [-0.4, -0.2) is 25.2 Å². The number of nitrogens with zero attached hydrogens (tertiary/aromatic N) is 1. The number of sulfone groups is 1. The first-order valence-electron chi connectivity index (χ1n) is 11.5. The number of pyridine rings is 1. The molecule has 2 amide bonds. The summed E-state index contributed by atoms with van der Waals surface area (Å²) >= 11 is 1.38. The maximum Gasteiger partial charge on any atom is 0.292 e. The summed E-state index contributed by atoms with van der Waals surface area (Å²) in [5, 5.41) is 5.82. The zero-order valence-corrected chi connectivity index (χ0v) is 20.8. The van der Waals surface area contributed by atoms with Crippen molar-refractivity contribution in [3.8, 4) is 0 Å². The molecule has 0 saturated carbocycles. The minimum atomic E-state index is -3.90. The van der Waals surface area contributed by atoms with Crippen molar-refractivity contribution in [2.24, 2.45) is 0 Å². The van der Waals surface area contributed by atoms with Crippen molar-refractivity contribution in [2.75, 3.05) is 5.32 Å². The molecule has 0 bridgehead atoms. The fraction of sp³-hybridized carbons (Fsp3) is 0.192. The lowest BCUT2D eigenvalue weighted by atomic mass is 9.95. The Labute approximate surface area is 212 Å². The van der Waals surface area contributed by atoms with Crippen LogP contribution in [0.25, 0.3) is 0 Å². The van der Waals surface area contributed by atoms with E-state index in [4.69, 9.17) is 4.42 Å². The normalized spacial score (nSPS) is 13.1. The van der Waals surface area contributed by atoms with Crippen LogP contribution in [0.3, 0.4) is 0 Å². The highest BCUT2D eigenvalue weighted by molar-refractivity contribution is 7.91. The standard InChI is InChI=1S/C26H23N3O5S2/c30-24(20-12-13-22(34-20)36(32,33)18-8-2-1-3-9-18)29-26-23(19-10-4-5-11-21(19)35-26)25(31)28-16-17-7-6-14-27-15-17/h1-3,6-9,12-15H,4-5,10-11,16H2,(H,28,31)(H,29,30). The zero-order chi connectivity index (χ0) is 25.1. The van der Waals surface area contributed by atoms with Gasteiger partial charge in [-0.15, -0.1) is 11.3 Å². The summed E-state index contributed by atoms with van der Waals surface area (Å²) in [6.45, 7) is 0.309. The van der Waals surface area contributed by atoms with Gasteiger partial charge in [-0.1, -0.05) is 24.3 Å². The quantitative estimate of drug-likeness (QED) is 0.366. The summed E-state index contributed by atoms with van der Waals surface area (Å²) in [7, 11) is -3.90. The highest BCUT2D eigenvalue weighted by Gasteiger charge is 2.28. The number of hydrogen-bond acceptors (Lipinski definition) is 7. The van der Waals surface area contributed by atoms with E-state index in [1.54, 1.807) is 36.7 Å². The van der Waals surface area contributed by atoms with Gasteiger partial charge >= 0.3 is 0 Å². The van der Waals surface area contributed by atoms with Gasteiger partial charge in [0, 0.05) is 23.8 Å². The molecule has 0 radical (unpaired) electrons. The number of carbonyl (C=O) groups is 2. The van der Waals surface area contributed by atoms with Crippen LogP contribution in [0.15, 0.2) is 81.4 Å². The maximum absolute atomic E-state index is 13.2. The Balaban J connectivity index is 1.38. The number of hydrogen-bond donors (Lipinski definition) is 2. The average Bonchev–Trinajstić information content (AvgIpc) is 3.54. The number of fused-ring (bicyclic) bond motifs is 1. The molecule has 184 valence electrons. The molecule has 1 aliphatic rings. The summed E-state index contributed by atoms with van der Waals surface area (Å²) in [5.41, 5.74) is 2.27. The van der Waals surface area contributed by atoms with Crippen molar-refractivity contribution in [3.63, 3.8) is 0 Å². The average molecular weight is 522 g/mol. The lowest BCUT2D eigenvalue weighted by Crippen LogP contribution is -2.25. The van der Waals surface area contributed by atoms with Gasteiger partial charge in [-0.3, -0.25) is 14.6 Å². The Hall–Kier alpha value is -3.76. The Bertz CT molecular complexity index is 1510. The number of aromatic nitrogens is 1. The number of amides is 2. The van der Waals surface area contributed by atoms with Crippen LogP contribution >= 0.6 is 11.3 Å². The third kappa shape index (κ3) is 4.82. The number of anilines is 1. The van der Waals surface area contributed by atoms with E-state index in [1.807, 2.05) is 6.07 Å². The third-order valence-corrected chi connectivity index (χ3v) is 8.77. The van der Waals surface area contributed by atoms with Gasteiger partial charge in [0.2, 0.25) is 14.9 Å². The number of carbonyl (C=O) groups excluding carboxylic acids is 2. The molecule has 0 aliphatic heterocycles. The van der Waals surface area contributed by atoms with E-state index in [9.17, 15) is 18.0 Å². The summed E-state index contributed by atoms with van der Waals surface area (Å²) in [6, 6.07) is 14.1. The van der Waals surface area contributed by atoms with Gasteiger partial charge in [-0.05, 0) is 67.1 Å². The highest BCUT2D eigenvalue weighted by atomic mass is 32.2. The molecule has 0 atom stereocenters. The molecule has 4 aromatic rings. The number of thiophene rings is 1. The number of rotatable bonds is 7. The van der Waals surface area contributed by atoms with Crippen molar-refractivity contribution < 1.29 is 22.4 Å².